The average Bonchev–Trinajstić information content (AvgIpc) is 2.60. The van der Waals surface area contributed by atoms with Crippen molar-refractivity contribution in [2.45, 2.75) is 6.61 Å². The molecule has 23 heavy (non-hydrogen) atoms. The monoisotopic (exact) mass is 306 g/mol. The Morgan fingerprint density at radius 3 is 2.78 bits per heavy atom. The van der Waals surface area contributed by atoms with Crippen LogP contribution in [0.1, 0.15) is 21.5 Å². The quantitative estimate of drug-likeness (QED) is 0.677. The van der Waals surface area contributed by atoms with Crippen LogP contribution >= 0.6 is 0 Å². The van der Waals surface area contributed by atoms with E-state index in [1.54, 1.807) is 30.3 Å². The van der Waals surface area contributed by atoms with E-state index in [1.807, 2.05) is 6.07 Å². The number of nitrogens with zero attached hydrogens (tertiary/aromatic N) is 4. The van der Waals surface area contributed by atoms with Crippen molar-refractivity contribution in [2.75, 3.05) is 0 Å². The molecule has 0 saturated heterocycles. The van der Waals surface area contributed by atoms with Gasteiger partial charge in [-0.05, 0) is 23.8 Å². The smallest absolute Gasteiger partial charge is 0.345 e. The van der Waals surface area contributed by atoms with Gasteiger partial charge < -0.3 is 4.74 Å². The molecule has 0 amide bonds. The fourth-order valence-corrected chi connectivity index (χ4v) is 1.97. The lowest BCUT2D eigenvalue weighted by Crippen LogP contribution is -2.24. The molecule has 2 heterocycles. The largest absolute Gasteiger partial charge is 0.457 e. The lowest BCUT2D eigenvalue weighted by molar-refractivity contribution is 0.0470. The van der Waals surface area contributed by atoms with Crippen LogP contribution in [-0.4, -0.2) is 20.3 Å². The number of aromatic nitrogens is 3. The highest BCUT2D eigenvalue weighted by Gasteiger charge is 2.15. The summed E-state index contributed by atoms with van der Waals surface area (Å²) < 4.78 is 6.30. The maximum Gasteiger partial charge on any atom is 0.345 e. The Hall–Kier alpha value is -3.53. The minimum Gasteiger partial charge on any atom is -0.457 e. The van der Waals surface area contributed by atoms with E-state index in [9.17, 15) is 9.59 Å². The van der Waals surface area contributed by atoms with Gasteiger partial charge in [-0.3, -0.25) is 9.20 Å². The van der Waals surface area contributed by atoms with Gasteiger partial charge in [0.2, 0.25) is 5.78 Å². The second-order valence-corrected chi connectivity index (χ2v) is 4.65. The molecule has 0 spiro atoms. The van der Waals surface area contributed by atoms with Crippen molar-refractivity contribution in [3.05, 3.63) is 76.0 Å². The van der Waals surface area contributed by atoms with Gasteiger partial charge in [-0.25, -0.2) is 14.8 Å². The van der Waals surface area contributed by atoms with Crippen LogP contribution in [0.4, 0.5) is 0 Å². The Morgan fingerprint density at radius 1 is 1.26 bits per heavy atom. The highest BCUT2D eigenvalue weighted by atomic mass is 16.5. The van der Waals surface area contributed by atoms with Crippen molar-refractivity contribution >= 4 is 11.7 Å². The Kier molecular flexibility index (Phi) is 3.80. The second kappa shape index (κ2) is 6.07. The summed E-state index contributed by atoms with van der Waals surface area (Å²) in [6.07, 6.45) is 4.14. The van der Waals surface area contributed by atoms with Crippen molar-refractivity contribution in [2.24, 2.45) is 0 Å². The van der Waals surface area contributed by atoms with Crippen LogP contribution < -0.4 is 5.56 Å². The van der Waals surface area contributed by atoms with E-state index in [0.29, 0.717) is 11.1 Å². The molecule has 7 heteroatoms. The molecule has 0 saturated carbocycles. The molecule has 3 rings (SSSR count). The van der Waals surface area contributed by atoms with Crippen LogP contribution in [-0.2, 0) is 11.3 Å². The van der Waals surface area contributed by atoms with Crippen molar-refractivity contribution < 1.29 is 9.53 Å². The molecule has 0 N–H and O–H groups in total. The molecule has 0 aliphatic carbocycles. The first-order valence-corrected chi connectivity index (χ1v) is 6.67. The molecule has 0 atom stereocenters. The van der Waals surface area contributed by atoms with Crippen molar-refractivity contribution in [3.63, 3.8) is 0 Å². The Labute approximate surface area is 130 Å². The van der Waals surface area contributed by atoms with Crippen molar-refractivity contribution in [1.29, 1.82) is 5.26 Å². The second-order valence-electron chi connectivity index (χ2n) is 4.65. The number of carbonyl (C=O) groups excluding carboxylic acids is 1. The molecule has 0 aliphatic rings. The SMILES string of the molecule is N#Cc1ccc(COC(=O)c2cnc3ncccn3c2=O)cc1. The first-order valence-electron chi connectivity index (χ1n) is 6.67. The first kappa shape index (κ1) is 14.4. The van der Waals surface area contributed by atoms with Crippen LogP contribution in [0.15, 0.2) is 53.7 Å². The molecule has 1 aromatic carbocycles. The summed E-state index contributed by atoms with van der Waals surface area (Å²) in [5.41, 5.74) is 0.537. The van der Waals surface area contributed by atoms with Crippen LogP contribution in [0, 0.1) is 11.3 Å². The summed E-state index contributed by atoms with van der Waals surface area (Å²) in [5.74, 6) is -0.550. The van der Waals surface area contributed by atoms with Crippen LogP contribution in [0.2, 0.25) is 0 Å². The normalized spacial score (nSPS) is 10.2. The third kappa shape index (κ3) is 2.91. The van der Waals surface area contributed by atoms with E-state index in [4.69, 9.17) is 10.00 Å². The van der Waals surface area contributed by atoms with Gasteiger partial charge in [-0.1, -0.05) is 12.1 Å². The molecule has 112 valence electrons. The molecule has 2 aromatic heterocycles. The number of ether oxygens (including phenoxy) is 1. The summed E-state index contributed by atoms with van der Waals surface area (Å²) >= 11 is 0. The minimum absolute atomic E-state index is 0.000272. The number of hydrogen-bond acceptors (Lipinski definition) is 6. The summed E-state index contributed by atoms with van der Waals surface area (Å²) in [4.78, 5) is 32.1. The molecule has 0 aliphatic heterocycles. The third-order valence-corrected chi connectivity index (χ3v) is 3.16. The number of benzene rings is 1. The van der Waals surface area contributed by atoms with E-state index < -0.39 is 11.5 Å². The van der Waals surface area contributed by atoms with Gasteiger partial charge in [0.15, 0.2) is 0 Å². The van der Waals surface area contributed by atoms with Crippen LogP contribution in [0.5, 0.6) is 0 Å². The van der Waals surface area contributed by atoms with Gasteiger partial charge in [-0.15, -0.1) is 0 Å². The van der Waals surface area contributed by atoms with E-state index >= 15 is 0 Å². The predicted molar refractivity (Wildman–Crippen MR) is 79.5 cm³/mol. The van der Waals surface area contributed by atoms with Gasteiger partial charge in [0.1, 0.15) is 12.2 Å². The summed E-state index contributed by atoms with van der Waals surface area (Å²) in [7, 11) is 0. The number of fused-ring (bicyclic) bond motifs is 1. The predicted octanol–water partition coefficient (Wildman–Crippen LogP) is 1.32. The zero-order valence-electron chi connectivity index (χ0n) is 11.8. The fourth-order valence-electron chi connectivity index (χ4n) is 1.97. The zero-order chi connectivity index (χ0) is 16.2. The van der Waals surface area contributed by atoms with Crippen molar-refractivity contribution in [3.8, 4) is 6.07 Å². The highest BCUT2D eigenvalue weighted by Crippen LogP contribution is 2.06. The number of carbonyl (C=O) groups is 1. The lowest BCUT2D eigenvalue weighted by Gasteiger charge is -2.05. The molecule has 0 unspecified atom stereocenters. The van der Waals surface area contributed by atoms with Gasteiger partial charge in [-0.2, -0.15) is 5.26 Å². The van der Waals surface area contributed by atoms with Crippen molar-refractivity contribution in [1.82, 2.24) is 14.4 Å². The molecule has 7 nitrogen and oxygen atoms in total. The van der Waals surface area contributed by atoms with E-state index in [-0.39, 0.29) is 17.9 Å². The highest BCUT2D eigenvalue weighted by molar-refractivity contribution is 5.88. The Morgan fingerprint density at radius 2 is 2.04 bits per heavy atom. The van der Waals surface area contributed by atoms with Crippen LogP contribution in [0.25, 0.3) is 5.78 Å². The molecule has 0 bridgehead atoms. The topological polar surface area (TPSA) is 97.3 Å². The Balaban J connectivity index is 1.79. The van der Waals surface area contributed by atoms with E-state index in [1.165, 1.54) is 16.8 Å². The molecule has 3 aromatic rings. The maximum absolute atomic E-state index is 12.2. The number of rotatable bonds is 3. The number of esters is 1. The van der Waals surface area contributed by atoms with E-state index in [0.717, 1.165) is 6.20 Å². The number of nitriles is 1. The fraction of sp³-hybridized carbons (Fsp3) is 0.0625. The molecule has 0 radical (unpaired) electrons. The standard InChI is InChI=1S/C16H10N4O3/c17-8-11-2-4-12(5-3-11)10-23-15(22)13-9-19-16-18-6-1-7-20(16)14(13)21/h1-7,9H,10H2. The molecular weight excluding hydrogens is 296 g/mol. The molecular formula is C16H10N4O3. The van der Waals surface area contributed by atoms with Gasteiger partial charge in [0.25, 0.3) is 5.56 Å². The first-order chi connectivity index (χ1) is 11.2. The third-order valence-electron chi connectivity index (χ3n) is 3.16. The van der Waals surface area contributed by atoms with Crippen LogP contribution in [0.3, 0.4) is 0 Å². The van der Waals surface area contributed by atoms with Gasteiger partial charge in [0.05, 0.1) is 17.8 Å². The number of hydrogen-bond donors (Lipinski definition) is 0. The Bertz CT molecular complexity index is 971. The van der Waals surface area contributed by atoms with Gasteiger partial charge in [0, 0.05) is 12.4 Å². The van der Waals surface area contributed by atoms with Gasteiger partial charge >= 0.3 is 5.97 Å². The molecule has 0 fully saturated rings. The minimum atomic E-state index is -0.759. The summed E-state index contributed by atoms with van der Waals surface area (Å²) in [6.45, 7) is -0.000272. The summed E-state index contributed by atoms with van der Waals surface area (Å²) in [6, 6.07) is 10.2. The zero-order valence-corrected chi connectivity index (χ0v) is 11.8. The maximum atomic E-state index is 12.2. The summed E-state index contributed by atoms with van der Waals surface area (Å²) in [5, 5.41) is 8.73. The average molecular weight is 306 g/mol. The van der Waals surface area contributed by atoms with E-state index in [2.05, 4.69) is 9.97 Å². The lowest BCUT2D eigenvalue weighted by atomic mass is 10.2.